The number of nitrogens with two attached hydrogens (primary N) is 1. The van der Waals surface area contributed by atoms with Gasteiger partial charge in [0.05, 0.1) is 12.4 Å². The number of aromatic nitrogens is 2. The van der Waals surface area contributed by atoms with Gasteiger partial charge in [-0.1, -0.05) is 24.3 Å². The highest BCUT2D eigenvalue weighted by Crippen LogP contribution is 2.25. The first-order valence-electron chi connectivity index (χ1n) is 5.28. The van der Waals surface area contributed by atoms with Crippen molar-refractivity contribution in [2.24, 2.45) is 5.73 Å². The number of halogens is 2. The summed E-state index contributed by atoms with van der Waals surface area (Å²) in [7, 11) is 0. The fourth-order valence-electron chi connectivity index (χ4n) is 1.89. The molecule has 0 bridgehead atoms. The Labute approximate surface area is 128 Å². The summed E-state index contributed by atoms with van der Waals surface area (Å²) in [6.07, 6.45) is 1.87. The lowest BCUT2D eigenvalue weighted by molar-refractivity contribution is 0.580. The van der Waals surface area contributed by atoms with Crippen LogP contribution in [0, 0.1) is 14.3 Å². The van der Waals surface area contributed by atoms with Crippen LogP contribution in [0.15, 0.2) is 30.6 Å². The van der Waals surface area contributed by atoms with Gasteiger partial charge in [0.15, 0.2) is 0 Å². The van der Waals surface area contributed by atoms with Gasteiger partial charge in [0, 0.05) is 6.54 Å². The number of imidazole rings is 1. The summed E-state index contributed by atoms with van der Waals surface area (Å²) < 4.78 is 4.31. The molecular weight excluding hydrogens is 440 g/mol. The Hall–Kier alpha value is -0.150. The van der Waals surface area contributed by atoms with Crippen LogP contribution in [0.1, 0.15) is 17.2 Å². The molecule has 90 valence electrons. The Morgan fingerprint density at radius 1 is 1.35 bits per heavy atom. The third kappa shape index (κ3) is 2.65. The maximum absolute atomic E-state index is 5.93. The summed E-state index contributed by atoms with van der Waals surface area (Å²) in [6.45, 7) is 2.69. The molecule has 1 unspecified atom stereocenters. The minimum Gasteiger partial charge on any atom is -0.328 e. The van der Waals surface area contributed by atoms with Crippen molar-refractivity contribution in [3.63, 3.8) is 0 Å². The summed E-state index contributed by atoms with van der Waals surface area (Å²) in [5, 5.41) is 0. The topological polar surface area (TPSA) is 43.8 Å². The highest BCUT2D eigenvalue weighted by atomic mass is 127. The average Bonchev–Trinajstić information content (AvgIpc) is 2.65. The van der Waals surface area contributed by atoms with E-state index in [4.69, 9.17) is 5.73 Å². The third-order valence-electron chi connectivity index (χ3n) is 2.80. The molecule has 2 rings (SSSR count). The Balaban J connectivity index is 2.48. The van der Waals surface area contributed by atoms with E-state index in [1.807, 2.05) is 6.33 Å². The van der Waals surface area contributed by atoms with Gasteiger partial charge in [0.2, 0.25) is 0 Å². The third-order valence-corrected chi connectivity index (χ3v) is 5.69. The summed E-state index contributed by atoms with van der Waals surface area (Å²) in [5.74, 6) is 0. The van der Waals surface area contributed by atoms with Gasteiger partial charge in [0.25, 0.3) is 0 Å². The maximum Gasteiger partial charge on any atom is 0.132 e. The van der Waals surface area contributed by atoms with Crippen molar-refractivity contribution in [1.29, 1.82) is 0 Å². The molecule has 1 aromatic carbocycles. The molecule has 2 aromatic rings. The molecule has 0 fully saturated rings. The molecule has 0 aliphatic heterocycles. The standard InChI is InChI=1S/C12H13I2N3/c1-8-4-2-3-5-9(8)10(6-15)17-7-16-11(13)12(17)14/h2-5,7,10H,6,15H2,1H3. The molecular formula is C12H13I2N3. The predicted octanol–water partition coefficient (Wildman–Crippen LogP) is 2.95. The zero-order chi connectivity index (χ0) is 12.4. The van der Waals surface area contributed by atoms with E-state index in [2.05, 4.69) is 85.9 Å². The summed E-state index contributed by atoms with van der Waals surface area (Å²) >= 11 is 4.56. The fraction of sp³-hybridized carbons (Fsp3) is 0.250. The quantitative estimate of drug-likeness (QED) is 0.727. The van der Waals surface area contributed by atoms with Gasteiger partial charge in [-0.05, 0) is 63.2 Å². The van der Waals surface area contributed by atoms with Crippen molar-refractivity contribution in [2.45, 2.75) is 13.0 Å². The molecule has 0 saturated carbocycles. The first-order chi connectivity index (χ1) is 8.15. The number of benzene rings is 1. The number of hydrogen-bond donors (Lipinski definition) is 1. The van der Waals surface area contributed by atoms with Crippen LogP contribution in [0.4, 0.5) is 0 Å². The van der Waals surface area contributed by atoms with Crippen molar-refractivity contribution >= 4 is 45.2 Å². The van der Waals surface area contributed by atoms with E-state index in [1.165, 1.54) is 11.1 Å². The Morgan fingerprint density at radius 3 is 2.59 bits per heavy atom. The van der Waals surface area contributed by atoms with Crippen LogP contribution in [0.25, 0.3) is 0 Å². The van der Waals surface area contributed by atoms with Crippen LogP contribution in [0.5, 0.6) is 0 Å². The first-order valence-corrected chi connectivity index (χ1v) is 7.44. The zero-order valence-corrected chi connectivity index (χ0v) is 13.7. The van der Waals surface area contributed by atoms with E-state index < -0.39 is 0 Å². The Morgan fingerprint density at radius 2 is 2.06 bits per heavy atom. The van der Waals surface area contributed by atoms with Gasteiger partial charge in [-0.15, -0.1) is 0 Å². The average molecular weight is 453 g/mol. The van der Waals surface area contributed by atoms with Gasteiger partial charge in [-0.3, -0.25) is 0 Å². The zero-order valence-electron chi connectivity index (χ0n) is 9.40. The monoisotopic (exact) mass is 453 g/mol. The van der Waals surface area contributed by atoms with Crippen molar-refractivity contribution in [3.8, 4) is 0 Å². The van der Waals surface area contributed by atoms with Crippen LogP contribution < -0.4 is 5.73 Å². The van der Waals surface area contributed by atoms with Gasteiger partial charge in [0.1, 0.15) is 7.40 Å². The smallest absolute Gasteiger partial charge is 0.132 e. The molecule has 1 heterocycles. The van der Waals surface area contributed by atoms with Crippen molar-refractivity contribution in [2.75, 3.05) is 6.54 Å². The van der Waals surface area contributed by atoms with Gasteiger partial charge in [-0.25, -0.2) is 4.98 Å². The molecule has 0 amide bonds. The highest BCUT2D eigenvalue weighted by Gasteiger charge is 2.17. The molecule has 0 aliphatic carbocycles. The van der Waals surface area contributed by atoms with Gasteiger partial charge < -0.3 is 10.3 Å². The van der Waals surface area contributed by atoms with Crippen molar-refractivity contribution in [1.82, 2.24) is 9.55 Å². The second-order valence-electron chi connectivity index (χ2n) is 3.84. The minimum absolute atomic E-state index is 0.166. The van der Waals surface area contributed by atoms with E-state index in [9.17, 15) is 0 Å². The van der Waals surface area contributed by atoms with Crippen LogP contribution >= 0.6 is 45.2 Å². The molecule has 0 radical (unpaired) electrons. The van der Waals surface area contributed by atoms with Crippen LogP contribution in [-0.4, -0.2) is 16.1 Å². The molecule has 17 heavy (non-hydrogen) atoms. The lowest BCUT2D eigenvalue weighted by Gasteiger charge is -2.20. The molecule has 1 atom stereocenters. The van der Waals surface area contributed by atoms with E-state index in [1.54, 1.807) is 0 Å². The van der Waals surface area contributed by atoms with Crippen molar-refractivity contribution in [3.05, 3.63) is 49.1 Å². The molecule has 1 aromatic heterocycles. The maximum atomic E-state index is 5.93. The molecule has 5 heteroatoms. The van der Waals surface area contributed by atoms with Crippen molar-refractivity contribution < 1.29 is 0 Å². The van der Waals surface area contributed by atoms with Crippen LogP contribution in [-0.2, 0) is 0 Å². The Kier molecular flexibility index (Phi) is 4.42. The molecule has 3 nitrogen and oxygen atoms in total. The second-order valence-corrected chi connectivity index (χ2v) is 5.89. The van der Waals surface area contributed by atoms with Crippen LogP contribution in [0.2, 0.25) is 0 Å². The normalized spacial score (nSPS) is 12.7. The number of rotatable bonds is 3. The predicted molar refractivity (Wildman–Crippen MR) is 86.0 cm³/mol. The second kappa shape index (κ2) is 5.66. The van der Waals surface area contributed by atoms with Crippen LogP contribution in [0.3, 0.4) is 0 Å². The number of nitrogens with zero attached hydrogens (tertiary/aromatic N) is 2. The number of aryl methyl sites for hydroxylation is 1. The van der Waals surface area contributed by atoms with E-state index in [0.29, 0.717) is 6.54 Å². The van der Waals surface area contributed by atoms with E-state index >= 15 is 0 Å². The SMILES string of the molecule is Cc1ccccc1C(CN)n1cnc(I)c1I. The van der Waals surface area contributed by atoms with E-state index in [0.717, 1.165) is 7.40 Å². The van der Waals surface area contributed by atoms with E-state index in [-0.39, 0.29) is 6.04 Å². The molecule has 0 saturated heterocycles. The molecule has 0 spiro atoms. The largest absolute Gasteiger partial charge is 0.328 e. The minimum atomic E-state index is 0.166. The molecule has 0 aliphatic rings. The molecule has 2 N–H and O–H groups in total. The van der Waals surface area contributed by atoms with Gasteiger partial charge >= 0.3 is 0 Å². The highest BCUT2D eigenvalue weighted by molar-refractivity contribution is 14.1. The summed E-state index contributed by atoms with van der Waals surface area (Å²) in [6, 6.07) is 8.52. The lowest BCUT2D eigenvalue weighted by Crippen LogP contribution is -2.21. The summed E-state index contributed by atoms with van der Waals surface area (Å²) in [5.41, 5.74) is 8.46. The summed E-state index contributed by atoms with van der Waals surface area (Å²) in [4.78, 5) is 4.33. The van der Waals surface area contributed by atoms with Gasteiger partial charge in [-0.2, -0.15) is 0 Å². The lowest BCUT2D eigenvalue weighted by atomic mass is 10.0. The number of hydrogen-bond acceptors (Lipinski definition) is 2. The first kappa shape index (κ1) is 13.3. The Bertz CT molecular complexity index is 522. The fourth-order valence-corrected chi connectivity index (χ4v) is 2.89.